The molecular weight excluding hydrogens is 659 g/mol. The number of fused-ring (bicyclic) bond motifs is 3. The number of carbonyl (C=O) groups excluding carboxylic acids is 5. The molecule has 3 saturated carbocycles. The molecule has 4 N–H and O–H groups in total. The van der Waals surface area contributed by atoms with E-state index in [1.807, 2.05) is 27.7 Å². The van der Waals surface area contributed by atoms with Gasteiger partial charge in [-0.25, -0.2) is 13.2 Å². The van der Waals surface area contributed by atoms with Gasteiger partial charge in [-0.1, -0.05) is 72.3 Å². The van der Waals surface area contributed by atoms with Crippen molar-refractivity contribution in [2.24, 2.45) is 22.7 Å². The lowest BCUT2D eigenvalue weighted by Crippen LogP contribution is -2.64. The van der Waals surface area contributed by atoms with Gasteiger partial charge < -0.3 is 26.2 Å². The minimum Gasteiger partial charge on any atom is -0.346 e. The van der Waals surface area contributed by atoms with Gasteiger partial charge in [-0.15, -0.1) is 6.58 Å². The van der Waals surface area contributed by atoms with Crippen molar-refractivity contribution in [3.05, 3.63) is 12.7 Å². The van der Waals surface area contributed by atoms with E-state index in [1.165, 1.54) is 6.08 Å². The summed E-state index contributed by atoms with van der Waals surface area (Å²) in [7, 11) is -3.56. The molecule has 4 rings (SSSR count). The number of rotatable bonds is 13. The molecule has 5 atom stereocenters. The molecule has 282 valence electrons. The van der Waals surface area contributed by atoms with E-state index in [1.54, 1.807) is 25.7 Å². The lowest BCUT2D eigenvalue weighted by atomic mass is 9.83. The number of hydrogen-bond donors (Lipinski definition) is 4. The molecule has 3 unspecified atom stereocenters. The van der Waals surface area contributed by atoms with Crippen molar-refractivity contribution < 1.29 is 32.4 Å². The SMILES string of the molecule is C=CCNC(=O)C(=O)C(CCC)NC(=O)[C@@H]1C2C(CN1C(=O)[C@@H](NC(=O)NC1(CS(=O)(=O)C(C)(C)C)CCCCC1)C(C)(C)C)C21CCCC1. The number of ketones is 1. The Morgan fingerprint density at radius 2 is 1.52 bits per heavy atom. The number of amides is 5. The van der Waals surface area contributed by atoms with Gasteiger partial charge in [0.2, 0.25) is 17.6 Å². The summed E-state index contributed by atoms with van der Waals surface area (Å²) < 4.78 is 25.7. The van der Waals surface area contributed by atoms with Crippen LogP contribution in [0.15, 0.2) is 12.7 Å². The van der Waals surface area contributed by atoms with Crippen molar-refractivity contribution in [1.82, 2.24) is 26.2 Å². The molecule has 12 nitrogen and oxygen atoms in total. The molecule has 1 saturated heterocycles. The highest BCUT2D eigenvalue weighted by Gasteiger charge is 2.74. The van der Waals surface area contributed by atoms with Crippen LogP contribution < -0.4 is 21.3 Å². The molecule has 0 aromatic carbocycles. The first kappa shape index (κ1) is 39.8. The summed E-state index contributed by atoms with van der Waals surface area (Å²) in [6.45, 7) is 16.4. The highest BCUT2D eigenvalue weighted by molar-refractivity contribution is 7.92. The maximum absolute atomic E-state index is 14.6. The second kappa shape index (κ2) is 14.9. The average Bonchev–Trinajstić information content (AvgIpc) is 3.34. The van der Waals surface area contributed by atoms with Crippen molar-refractivity contribution in [2.45, 2.75) is 148 Å². The zero-order valence-electron chi connectivity index (χ0n) is 31.3. The van der Waals surface area contributed by atoms with Gasteiger partial charge in [0.15, 0.2) is 9.84 Å². The van der Waals surface area contributed by atoms with E-state index >= 15 is 0 Å². The summed E-state index contributed by atoms with van der Waals surface area (Å²) in [4.78, 5) is 69.8. The smallest absolute Gasteiger partial charge is 0.315 e. The minimum atomic E-state index is -3.56. The lowest BCUT2D eigenvalue weighted by Gasteiger charge is -2.41. The Labute approximate surface area is 299 Å². The number of hydrogen-bond acceptors (Lipinski definition) is 7. The molecule has 0 aromatic rings. The summed E-state index contributed by atoms with van der Waals surface area (Å²) in [5.74, 6) is -2.50. The topological polar surface area (TPSA) is 171 Å². The second-order valence-electron chi connectivity index (χ2n) is 17.3. The Morgan fingerprint density at radius 3 is 2.06 bits per heavy atom. The fourth-order valence-electron chi connectivity index (χ4n) is 8.79. The van der Waals surface area contributed by atoms with Crippen molar-refractivity contribution in [1.29, 1.82) is 0 Å². The largest absolute Gasteiger partial charge is 0.346 e. The summed E-state index contributed by atoms with van der Waals surface area (Å²) in [5.41, 5.74) is -1.72. The molecule has 0 bridgehead atoms. The normalized spacial score (nSPS) is 25.2. The third-order valence-electron chi connectivity index (χ3n) is 11.7. The van der Waals surface area contributed by atoms with E-state index in [4.69, 9.17) is 0 Å². The molecule has 5 amide bonds. The number of likely N-dealkylation sites (tertiary alicyclic amines) is 1. The molecular formula is C37H61N5O7S. The number of sulfone groups is 1. The Bertz CT molecular complexity index is 1430. The monoisotopic (exact) mass is 719 g/mol. The van der Waals surface area contributed by atoms with E-state index in [0.29, 0.717) is 25.8 Å². The van der Waals surface area contributed by atoms with Crippen LogP contribution in [-0.2, 0) is 29.0 Å². The summed E-state index contributed by atoms with van der Waals surface area (Å²) in [6, 6.07) is -3.51. The van der Waals surface area contributed by atoms with Gasteiger partial charge in [0.05, 0.1) is 22.1 Å². The summed E-state index contributed by atoms with van der Waals surface area (Å²) >= 11 is 0. The first-order valence-corrected chi connectivity index (χ1v) is 20.2. The zero-order valence-corrected chi connectivity index (χ0v) is 32.1. The highest BCUT2D eigenvalue weighted by atomic mass is 32.2. The van der Waals surface area contributed by atoms with Crippen LogP contribution in [0.5, 0.6) is 0 Å². The van der Waals surface area contributed by atoms with Crippen LogP contribution in [0.2, 0.25) is 0 Å². The highest BCUT2D eigenvalue weighted by Crippen LogP contribution is 2.72. The number of urea groups is 1. The lowest BCUT2D eigenvalue weighted by molar-refractivity contribution is -0.145. The third kappa shape index (κ3) is 8.23. The van der Waals surface area contributed by atoms with Crippen molar-refractivity contribution in [3.63, 3.8) is 0 Å². The quantitative estimate of drug-likeness (QED) is 0.166. The van der Waals surface area contributed by atoms with Crippen molar-refractivity contribution in [2.75, 3.05) is 18.8 Å². The number of Topliss-reactive ketones (excluding diaryl/α,β-unsaturated/α-hetero) is 1. The Kier molecular flexibility index (Phi) is 11.9. The van der Waals surface area contributed by atoms with E-state index in [2.05, 4.69) is 27.8 Å². The molecule has 4 aliphatic rings. The number of carbonyl (C=O) groups is 5. The number of nitrogens with one attached hydrogen (secondary N) is 4. The van der Waals surface area contributed by atoms with E-state index in [0.717, 1.165) is 44.9 Å². The van der Waals surface area contributed by atoms with Crippen LogP contribution in [0.25, 0.3) is 0 Å². The van der Waals surface area contributed by atoms with Gasteiger partial charge in [0, 0.05) is 13.1 Å². The Balaban J connectivity index is 1.58. The van der Waals surface area contributed by atoms with E-state index in [-0.39, 0.29) is 36.0 Å². The van der Waals surface area contributed by atoms with Crippen LogP contribution in [0, 0.1) is 22.7 Å². The van der Waals surface area contributed by atoms with Gasteiger partial charge in [0.25, 0.3) is 5.91 Å². The first-order chi connectivity index (χ1) is 23.2. The molecule has 13 heteroatoms. The van der Waals surface area contributed by atoms with Gasteiger partial charge in [0.1, 0.15) is 12.1 Å². The molecule has 4 fully saturated rings. The molecule has 50 heavy (non-hydrogen) atoms. The van der Waals surface area contributed by atoms with E-state index < -0.39 is 73.2 Å². The van der Waals surface area contributed by atoms with Crippen molar-refractivity contribution in [3.8, 4) is 0 Å². The zero-order chi connectivity index (χ0) is 37.3. The maximum Gasteiger partial charge on any atom is 0.315 e. The maximum atomic E-state index is 14.6. The molecule has 3 aliphatic carbocycles. The third-order valence-corrected chi connectivity index (χ3v) is 14.5. The number of piperidine rings is 1. The van der Waals surface area contributed by atoms with Gasteiger partial charge in [-0.3, -0.25) is 19.2 Å². The predicted octanol–water partition coefficient (Wildman–Crippen LogP) is 3.79. The van der Waals surface area contributed by atoms with Crippen molar-refractivity contribution >= 4 is 39.4 Å². The molecule has 0 aromatic heterocycles. The van der Waals surface area contributed by atoms with Crippen LogP contribution >= 0.6 is 0 Å². The van der Waals surface area contributed by atoms with Crippen LogP contribution in [-0.4, -0.2) is 90.1 Å². The Morgan fingerprint density at radius 1 is 0.920 bits per heavy atom. The summed E-state index contributed by atoms with van der Waals surface area (Å²) in [6.07, 6.45) is 9.96. The average molecular weight is 720 g/mol. The fraction of sp³-hybridized carbons (Fsp3) is 0.811. The minimum absolute atomic E-state index is 0.0155. The standard InChI is InChI=1S/C37H61N5O7S/c1-9-16-25(28(43)31(45)38-21-10-2)39-30(44)27-26-24(37(26)19-14-15-20-37)22-42(27)32(46)29(34(3,4)5)40-33(47)41-36(17-12-11-13-18-36)23-50(48,49)35(6,7)8/h10,24-27,29H,2,9,11-23H2,1,3-8H3,(H,38,45)(H,39,44)(H2,40,41,47)/t24?,25?,26?,27-,29+/m0/s1. The first-order valence-electron chi connectivity index (χ1n) is 18.6. The molecule has 1 heterocycles. The summed E-state index contributed by atoms with van der Waals surface area (Å²) in [5, 5.41) is 11.3. The second-order valence-corrected chi connectivity index (χ2v) is 20.1. The molecule has 1 spiro atoms. The van der Waals surface area contributed by atoms with Gasteiger partial charge in [-0.2, -0.15) is 0 Å². The van der Waals surface area contributed by atoms with Gasteiger partial charge in [-0.05, 0) is 75.5 Å². The fourth-order valence-corrected chi connectivity index (χ4v) is 10.3. The molecule has 0 radical (unpaired) electrons. The number of nitrogens with zero attached hydrogens (tertiary/aromatic N) is 1. The van der Waals surface area contributed by atoms with Crippen LogP contribution in [0.3, 0.4) is 0 Å². The van der Waals surface area contributed by atoms with Gasteiger partial charge >= 0.3 is 6.03 Å². The van der Waals surface area contributed by atoms with Crippen LogP contribution in [0.4, 0.5) is 4.79 Å². The molecule has 1 aliphatic heterocycles. The van der Waals surface area contributed by atoms with E-state index in [9.17, 15) is 32.4 Å². The Hall–Kier alpha value is -2.96. The predicted molar refractivity (Wildman–Crippen MR) is 193 cm³/mol. The van der Waals surface area contributed by atoms with Crippen LogP contribution in [0.1, 0.15) is 119 Å².